The van der Waals surface area contributed by atoms with Gasteiger partial charge in [-0.05, 0) is 58.0 Å². The molecule has 30 heavy (non-hydrogen) atoms. The minimum Gasteiger partial charge on any atom is -0.508 e. The van der Waals surface area contributed by atoms with Gasteiger partial charge in [0.25, 0.3) is 0 Å². The second-order valence-corrected chi connectivity index (χ2v) is 9.14. The van der Waals surface area contributed by atoms with Gasteiger partial charge in [0.1, 0.15) is 5.75 Å². The maximum atomic E-state index is 10.4. The standard InChI is InChI=1S/C29H36O/c1-3-5-7-11-19-29(20-12-8-6-4-2)27-21-23(30)16-18-25(27)26-17-15-22-13-9-10-14-24(22)28(26)29/h9-10,13-18,21,30H,3-8,11-12,19-20H2,1-2H3. The third-order valence-electron chi connectivity index (χ3n) is 7.13. The van der Waals surface area contributed by atoms with Gasteiger partial charge < -0.3 is 5.11 Å². The van der Waals surface area contributed by atoms with Gasteiger partial charge in [-0.2, -0.15) is 0 Å². The van der Waals surface area contributed by atoms with Crippen LogP contribution >= 0.6 is 0 Å². The number of phenolic OH excluding ortho intramolecular Hbond substituents is 1. The summed E-state index contributed by atoms with van der Waals surface area (Å²) in [7, 11) is 0. The molecular weight excluding hydrogens is 364 g/mol. The number of hydrogen-bond acceptors (Lipinski definition) is 1. The highest BCUT2D eigenvalue weighted by Gasteiger charge is 2.43. The molecule has 3 aromatic carbocycles. The Morgan fingerprint density at radius 1 is 0.700 bits per heavy atom. The van der Waals surface area contributed by atoms with Crippen molar-refractivity contribution in [3.8, 4) is 16.9 Å². The van der Waals surface area contributed by atoms with Crippen LogP contribution in [-0.4, -0.2) is 5.11 Å². The van der Waals surface area contributed by atoms with Crippen LogP contribution in [0.5, 0.6) is 5.75 Å². The molecule has 0 saturated heterocycles. The number of unbranched alkanes of at least 4 members (excludes halogenated alkanes) is 6. The van der Waals surface area contributed by atoms with Crippen molar-refractivity contribution in [2.75, 3.05) is 0 Å². The largest absolute Gasteiger partial charge is 0.508 e. The van der Waals surface area contributed by atoms with Crippen molar-refractivity contribution in [3.63, 3.8) is 0 Å². The van der Waals surface area contributed by atoms with Crippen LogP contribution in [-0.2, 0) is 5.41 Å². The first-order valence-electron chi connectivity index (χ1n) is 12.1. The van der Waals surface area contributed by atoms with Crippen molar-refractivity contribution < 1.29 is 5.11 Å². The smallest absolute Gasteiger partial charge is 0.115 e. The summed E-state index contributed by atoms with van der Waals surface area (Å²) in [5.74, 6) is 0.400. The van der Waals surface area contributed by atoms with Gasteiger partial charge in [0.05, 0.1) is 0 Å². The summed E-state index contributed by atoms with van der Waals surface area (Å²) in [6.07, 6.45) is 12.6. The first kappa shape index (κ1) is 21.0. The molecule has 1 aliphatic carbocycles. The highest BCUT2D eigenvalue weighted by atomic mass is 16.3. The lowest BCUT2D eigenvalue weighted by molar-refractivity contribution is 0.400. The quantitative estimate of drug-likeness (QED) is 0.337. The lowest BCUT2D eigenvalue weighted by Crippen LogP contribution is -2.26. The van der Waals surface area contributed by atoms with Crippen LogP contribution in [0.15, 0.2) is 54.6 Å². The molecule has 0 bridgehead atoms. The summed E-state index contributed by atoms with van der Waals surface area (Å²) in [5, 5.41) is 13.2. The summed E-state index contributed by atoms with van der Waals surface area (Å²) in [6, 6.07) is 19.6. The fourth-order valence-corrected chi connectivity index (χ4v) is 5.66. The molecule has 0 unspecified atom stereocenters. The molecule has 1 nitrogen and oxygen atoms in total. The molecule has 1 N–H and O–H groups in total. The summed E-state index contributed by atoms with van der Waals surface area (Å²) in [4.78, 5) is 0. The van der Waals surface area contributed by atoms with Gasteiger partial charge in [-0.3, -0.25) is 0 Å². The molecule has 0 aliphatic heterocycles. The van der Waals surface area contributed by atoms with Crippen LogP contribution in [0.25, 0.3) is 21.9 Å². The van der Waals surface area contributed by atoms with Crippen molar-refractivity contribution in [1.29, 1.82) is 0 Å². The normalized spacial score (nSPS) is 14.1. The second kappa shape index (κ2) is 9.25. The van der Waals surface area contributed by atoms with Crippen LogP contribution in [0.3, 0.4) is 0 Å². The number of hydrogen-bond donors (Lipinski definition) is 1. The van der Waals surface area contributed by atoms with Crippen molar-refractivity contribution in [1.82, 2.24) is 0 Å². The molecule has 0 amide bonds. The number of aromatic hydroxyl groups is 1. The average molecular weight is 401 g/mol. The molecule has 4 rings (SSSR count). The van der Waals surface area contributed by atoms with Gasteiger partial charge in [-0.1, -0.05) is 108 Å². The van der Waals surface area contributed by atoms with E-state index < -0.39 is 0 Å². The van der Waals surface area contributed by atoms with E-state index >= 15 is 0 Å². The van der Waals surface area contributed by atoms with Crippen molar-refractivity contribution in [2.24, 2.45) is 0 Å². The third-order valence-corrected chi connectivity index (χ3v) is 7.13. The molecule has 1 aliphatic rings. The monoisotopic (exact) mass is 400 g/mol. The van der Waals surface area contributed by atoms with E-state index in [4.69, 9.17) is 0 Å². The van der Waals surface area contributed by atoms with Crippen molar-refractivity contribution in [3.05, 3.63) is 65.7 Å². The van der Waals surface area contributed by atoms with Crippen LogP contribution < -0.4 is 0 Å². The second-order valence-electron chi connectivity index (χ2n) is 9.14. The molecule has 0 spiro atoms. The molecule has 0 atom stereocenters. The number of benzene rings is 3. The van der Waals surface area contributed by atoms with Crippen LogP contribution in [0, 0.1) is 0 Å². The van der Waals surface area contributed by atoms with E-state index in [2.05, 4.69) is 62.4 Å². The van der Waals surface area contributed by atoms with E-state index in [1.165, 1.54) is 97.2 Å². The van der Waals surface area contributed by atoms with Gasteiger partial charge in [-0.15, -0.1) is 0 Å². The molecule has 3 aromatic rings. The van der Waals surface area contributed by atoms with Gasteiger partial charge in [0.15, 0.2) is 0 Å². The Bertz CT molecular complexity index is 988. The lowest BCUT2D eigenvalue weighted by atomic mass is 9.69. The summed E-state index contributed by atoms with van der Waals surface area (Å²) in [5.41, 5.74) is 5.62. The summed E-state index contributed by atoms with van der Waals surface area (Å²) < 4.78 is 0. The van der Waals surface area contributed by atoms with Crippen LogP contribution in [0.1, 0.15) is 89.2 Å². The summed E-state index contributed by atoms with van der Waals surface area (Å²) >= 11 is 0. The predicted octanol–water partition coefficient (Wildman–Crippen LogP) is 8.75. The Labute approximate surface area is 182 Å². The average Bonchev–Trinajstić information content (AvgIpc) is 3.04. The lowest BCUT2D eigenvalue weighted by Gasteiger charge is -2.34. The maximum Gasteiger partial charge on any atom is 0.115 e. The van der Waals surface area contributed by atoms with Crippen molar-refractivity contribution in [2.45, 2.75) is 83.5 Å². The highest BCUT2D eigenvalue weighted by Crippen LogP contribution is 2.56. The predicted molar refractivity (Wildman–Crippen MR) is 129 cm³/mol. The first-order valence-corrected chi connectivity index (χ1v) is 12.1. The summed E-state index contributed by atoms with van der Waals surface area (Å²) in [6.45, 7) is 4.57. The molecule has 0 heterocycles. The van der Waals surface area contributed by atoms with E-state index in [1.807, 2.05) is 6.07 Å². The van der Waals surface area contributed by atoms with Gasteiger partial charge in [0.2, 0.25) is 0 Å². The first-order chi connectivity index (χ1) is 14.7. The van der Waals surface area contributed by atoms with Crippen LogP contribution in [0.2, 0.25) is 0 Å². The minimum atomic E-state index is 0.0196. The molecule has 158 valence electrons. The molecule has 0 saturated carbocycles. The number of rotatable bonds is 10. The Balaban J connectivity index is 1.87. The van der Waals surface area contributed by atoms with Gasteiger partial charge in [-0.25, -0.2) is 0 Å². The Hall–Kier alpha value is -2.28. The topological polar surface area (TPSA) is 20.2 Å². The maximum absolute atomic E-state index is 10.4. The zero-order valence-electron chi connectivity index (χ0n) is 18.7. The zero-order valence-corrected chi connectivity index (χ0v) is 18.7. The van der Waals surface area contributed by atoms with E-state index in [-0.39, 0.29) is 5.41 Å². The molecular formula is C29H36O. The molecule has 0 radical (unpaired) electrons. The number of phenols is 1. The van der Waals surface area contributed by atoms with E-state index in [1.54, 1.807) is 0 Å². The van der Waals surface area contributed by atoms with E-state index in [0.717, 1.165) is 0 Å². The Morgan fingerprint density at radius 2 is 1.37 bits per heavy atom. The fourth-order valence-electron chi connectivity index (χ4n) is 5.66. The SMILES string of the molecule is CCCCCCC1(CCCCCC)c2cc(O)ccc2-c2ccc3ccccc3c21. The highest BCUT2D eigenvalue weighted by molar-refractivity contribution is 5.97. The van der Waals surface area contributed by atoms with E-state index in [0.29, 0.717) is 5.75 Å². The van der Waals surface area contributed by atoms with Crippen LogP contribution in [0.4, 0.5) is 0 Å². The molecule has 0 fully saturated rings. The minimum absolute atomic E-state index is 0.0196. The fraction of sp³-hybridized carbons (Fsp3) is 0.448. The van der Waals surface area contributed by atoms with Gasteiger partial charge in [0, 0.05) is 5.41 Å². The molecule has 1 heteroatoms. The van der Waals surface area contributed by atoms with E-state index in [9.17, 15) is 5.11 Å². The Morgan fingerprint density at radius 3 is 2.07 bits per heavy atom. The zero-order chi connectivity index (χ0) is 21.0. The Kier molecular flexibility index (Phi) is 6.46. The third kappa shape index (κ3) is 3.75. The molecule has 0 aromatic heterocycles. The van der Waals surface area contributed by atoms with Gasteiger partial charge >= 0.3 is 0 Å². The number of fused-ring (bicyclic) bond motifs is 5. The van der Waals surface area contributed by atoms with Crippen molar-refractivity contribution >= 4 is 10.8 Å².